The Morgan fingerprint density at radius 1 is 0.963 bits per heavy atom. The van der Waals surface area contributed by atoms with Gasteiger partial charge in [0, 0.05) is 38.6 Å². The minimum atomic E-state index is 0.809. The lowest BCUT2D eigenvalue weighted by atomic mass is 10.1. The van der Waals surface area contributed by atoms with Crippen molar-refractivity contribution in [2.24, 2.45) is 0 Å². The number of hydrogen-bond acceptors (Lipinski definition) is 6. The van der Waals surface area contributed by atoms with Crippen molar-refractivity contribution in [2.75, 3.05) is 37.5 Å². The van der Waals surface area contributed by atoms with Crippen LogP contribution in [0.1, 0.15) is 11.1 Å². The number of likely N-dealkylation sites (N-methyl/N-ethyl adjacent to an activating group) is 1. The Morgan fingerprint density at radius 2 is 1.70 bits per heavy atom. The molecule has 0 aliphatic heterocycles. The fourth-order valence-electron chi connectivity index (χ4n) is 2.74. The second-order valence-electron chi connectivity index (χ2n) is 6.31. The van der Waals surface area contributed by atoms with Crippen LogP contribution in [-0.2, 0) is 12.8 Å². The summed E-state index contributed by atoms with van der Waals surface area (Å²) in [5.41, 5.74) is 2.52. The lowest BCUT2D eigenvalue weighted by Gasteiger charge is -2.18. The lowest BCUT2D eigenvalue weighted by Crippen LogP contribution is -2.21. The van der Waals surface area contributed by atoms with Crippen molar-refractivity contribution in [1.82, 2.24) is 15.0 Å². The molecule has 0 fully saturated rings. The van der Waals surface area contributed by atoms with Crippen LogP contribution in [0.25, 0.3) is 0 Å². The summed E-state index contributed by atoms with van der Waals surface area (Å²) in [6.07, 6.45) is 7.12. The van der Waals surface area contributed by atoms with Crippen LogP contribution in [0.5, 0.6) is 5.75 Å². The summed E-state index contributed by atoms with van der Waals surface area (Å²) >= 11 is 0. The third-order valence-corrected chi connectivity index (χ3v) is 4.41. The van der Waals surface area contributed by atoms with Crippen molar-refractivity contribution < 1.29 is 4.74 Å². The molecule has 2 heterocycles. The number of nitrogens with zero attached hydrogens (tertiary/aromatic N) is 4. The van der Waals surface area contributed by atoms with Crippen LogP contribution in [0.4, 0.5) is 11.6 Å². The van der Waals surface area contributed by atoms with Crippen molar-refractivity contribution in [3.63, 3.8) is 0 Å². The van der Waals surface area contributed by atoms with Gasteiger partial charge < -0.3 is 15.0 Å². The second-order valence-corrected chi connectivity index (χ2v) is 6.31. The number of hydrogen-bond donors (Lipinski definition) is 1. The minimum Gasteiger partial charge on any atom is -0.497 e. The average Bonchev–Trinajstić information content (AvgIpc) is 2.73. The molecular formula is C21H25N5O. The van der Waals surface area contributed by atoms with Crippen LogP contribution >= 0.6 is 0 Å². The van der Waals surface area contributed by atoms with Gasteiger partial charge in [0.1, 0.15) is 23.7 Å². The Morgan fingerprint density at radius 3 is 2.44 bits per heavy atom. The van der Waals surface area contributed by atoms with Crippen molar-refractivity contribution >= 4 is 11.6 Å². The summed E-state index contributed by atoms with van der Waals surface area (Å²) in [7, 11) is 3.72. The van der Waals surface area contributed by atoms with Gasteiger partial charge in [-0.1, -0.05) is 12.1 Å². The fourth-order valence-corrected chi connectivity index (χ4v) is 2.74. The fraction of sp³-hybridized carbons (Fsp3) is 0.286. The first-order chi connectivity index (χ1) is 13.2. The van der Waals surface area contributed by atoms with E-state index in [1.807, 2.05) is 49.8 Å². The highest BCUT2D eigenvalue weighted by Crippen LogP contribution is 2.15. The largest absolute Gasteiger partial charge is 0.497 e. The molecule has 3 aromatic rings. The van der Waals surface area contributed by atoms with E-state index < -0.39 is 0 Å². The van der Waals surface area contributed by atoms with Gasteiger partial charge in [-0.05, 0) is 48.2 Å². The quantitative estimate of drug-likeness (QED) is 0.630. The van der Waals surface area contributed by atoms with E-state index in [1.54, 1.807) is 13.4 Å². The summed E-state index contributed by atoms with van der Waals surface area (Å²) in [6, 6.07) is 14.2. The predicted octanol–water partition coefficient (Wildman–Crippen LogP) is 3.21. The molecule has 27 heavy (non-hydrogen) atoms. The molecular weight excluding hydrogens is 338 g/mol. The molecule has 0 amide bonds. The first-order valence-corrected chi connectivity index (χ1v) is 9.03. The Balaban J connectivity index is 1.50. The van der Waals surface area contributed by atoms with E-state index in [1.165, 1.54) is 11.1 Å². The van der Waals surface area contributed by atoms with E-state index >= 15 is 0 Å². The van der Waals surface area contributed by atoms with Crippen LogP contribution in [0, 0.1) is 0 Å². The van der Waals surface area contributed by atoms with Crippen LogP contribution in [0.15, 0.2) is 61.2 Å². The Labute approximate surface area is 160 Å². The van der Waals surface area contributed by atoms with Crippen LogP contribution in [0.2, 0.25) is 0 Å². The van der Waals surface area contributed by atoms with E-state index in [0.29, 0.717) is 0 Å². The van der Waals surface area contributed by atoms with Gasteiger partial charge in [0.15, 0.2) is 0 Å². The Bertz CT molecular complexity index is 823. The monoisotopic (exact) mass is 363 g/mol. The number of benzene rings is 1. The molecule has 0 saturated heterocycles. The van der Waals surface area contributed by atoms with Gasteiger partial charge in [-0.3, -0.25) is 4.98 Å². The molecule has 6 nitrogen and oxygen atoms in total. The first kappa shape index (κ1) is 18.6. The van der Waals surface area contributed by atoms with E-state index in [9.17, 15) is 0 Å². The van der Waals surface area contributed by atoms with Gasteiger partial charge >= 0.3 is 0 Å². The zero-order chi connectivity index (χ0) is 18.9. The number of pyridine rings is 1. The second kappa shape index (κ2) is 9.52. The molecule has 0 bridgehead atoms. The molecule has 0 aliphatic carbocycles. The zero-order valence-corrected chi connectivity index (χ0v) is 15.8. The zero-order valence-electron chi connectivity index (χ0n) is 15.8. The standard InChI is InChI=1S/C21H25N5O/c1-26(14-10-18-7-11-22-12-8-18)21-15-20(24-16-25-21)23-13-9-17-3-5-19(27-2)6-4-17/h3-8,11-12,15-16H,9-10,13-14H2,1-2H3,(H,23,24,25). The summed E-state index contributed by atoms with van der Waals surface area (Å²) in [6.45, 7) is 1.69. The molecule has 0 atom stereocenters. The lowest BCUT2D eigenvalue weighted by molar-refractivity contribution is 0.414. The summed E-state index contributed by atoms with van der Waals surface area (Å²) in [5.74, 6) is 2.62. The van der Waals surface area contributed by atoms with E-state index in [4.69, 9.17) is 4.74 Å². The summed E-state index contributed by atoms with van der Waals surface area (Å²) in [5, 5.41) is 3.37. The molecule has 2 aromatic heterocycles. The molecule has 1 aromatic carbocycles. The smallest absolute Gasteiger partial charge is 0.133 e. The maximum Gasteiger partial charge on any atom is 0.133 e. The van der Waals surface area contributed by atoms with Crippen LogP contribution in [0.3, 0.4) is 0 Å². The summed E-state index contributed by atoms with van der Waals surface area (Å²) < 4.78 is 5.19. The molecule has 0 spiro atoms. The van der Waals surface area contributed by atoms with Crippen molar-refractivity contribution in [3.8, 4) is 5.75 Å². The predicted molar refractivity (Wildman–Crippen MR) is 108 cm³/mol. The van der Waals surface area contributed by atoms with E-state index in [0.717, 1.165) is 43.3 Å². The number of nitrogens with one attached hydrogen (secondary N) is 1. The van der Waals surface area contributed by atoms with Gasteiger partial charge in [-0.2, -0.15) is 0 Å². The van der Waals surface area contributed by atoms with Crippen LogP contribution in [-0.4, -0.2) is 42.2 Å². The van der Waals surface area contributed by atoms with Gasteiger partial charge in [0.2, 0.25) is 0 Å². The molecule has 0 unspecified atom stereocenters. The van der Waals surface area contributed by atoms with Gasteiger partial charge in [-0.25, -0.2) is 9.97 Å². The summed E-state index contributed by atoms with van der Waals surface area (Å²) in [4.78, 5) is 14.9. The van der Waals surface area contributed by atoms with Gasteiger partial charge in [0.25, 0.3) is 0 Å². The number of methoxy groups -OCH3 is 1. The minimum absolute atomic E-state index is 0.809. The highest BCUT2D eigenvalue weighted by atomic mass is 16.5. The first-order valence-electron chi connectivity index (χ1n) is 9.03. The highest BCUT2D eigenvalue weighted by molar-refractivity contribution is 5.48. The highest BCUT2D eigenvalue weighted by Gasteiger charge is 2.05. The number of rotatable bonds is 9. The van der Waals surface area contributed by atoms with Gasteiger partial charge in [0.05, 0.1) is 7.11 Å². The van der Waals surface area contributed by atoms with Crippen LogP contribution < -0.4 is 15.0 Å². The van der Waals surface area contributed by atoms with Gasteiger partial charge in [-0.15, -0.1) is 0 Å². The maximum atomic E-state index is 5.19. The number of aromatic nitrogens is 3. The van der Waals surface area contributed by atoms with Crippen molar-refractivity contribution in [2.45, 2.75) is 12.8 Å². The molecule has 140 valence electrons. The Hall–Kier alpha value is -3.15. The molecule has 0 saturated carbocycles. The third-order valence-electron chi connectivity index (χ3n) is 4.41. The van der Waals surface area contributed by atoms with Crippen molar-refractivity contribution in [1.29, 1.82) is 0 Å². The normalized spacial score (nSPS) is 10.4. The average molecular weight is 363 g/mol. The third kappa shape index (κ3) is 5.67. The topological polar surface area (TPSA) is 63.2 Å². The van der Waals surface area contributed by atoms with E-state index in [2.05, 4.69) is 37.3 Å². The molecule has 1 N–H and O–H groups in total. The molecule has 3 rings (SSSR count). The molecule has 0 aliphatic rings. The molecule has 0 radical (unpaired) electrons. The number of anilines is 2. The molecule has 6 heteroatoms. The SMILES string of the molecule is COc1ccc(CCNc2cc(N(C)CCc3ccncc3)ncn2)cc1. The Kier molecular flexibility index (Phi) is 6.57. The number of ether oxygens (including phenoxy) is 1. The van der Waals surface area contributed by atoms with E-state index in [-0.39, 0.29) is 0 Å². The van der Waals surface area contributed by atoms with Crippen molar-refractivity contribution in [3.05, 3.63) is 72.3 Å². The maximum absolute atomic E-state index is 5.19.